The topological polar surface area (TPSA) is 38.9 Å². The van der Waals surface area contributed by atoms with Gasteiger partial charge in [-0.25, -0.2) is 0 Å². The molecule has 3 heterocycles. The molecular formula is C37H28IrN2O-2. The fraction of sp³-hybridized carbons (Fsp3) is 0.0811. The summed E-state index contributed by atoms with van der Waals surface area (Å²) in [6.45, 7) is 4.11. The van der Waals surface area contributed by atoms with Crippen LogP contribution in [0.4, 0.5) is 0 Å². The van der Waals surface area contributed by atoms with Crippen LogP contribution >= 0.6 is 0 Å². The van der Waals surface area contributed by atoms with Crippen LogP contribution in [-0.2, 0) is 26.5 Å². The maximum Gasteiger partial charge on any atom is 0.121 e. The van der Waals surface area contributed by atoms with Crippen LogP contribution in [-0.4, -0.2) is 9.97 Å². The maximum absolute atomic E-state index is 6.21. The van der Waals surface area contributed by atoms with Gasteiger partial charge in [-0.1, -0.05) is 71.6 Å². The molecule has 0 aliphatic rings. The Kier molecular flexibility index (Phi) is 8.84. The van der Waals surface area contributed by atoms with Crippen molar-refractivity contribution in [3.05, 3.63) is 156 Å². The van der Waals surface area contributed by atoms with E-state index in [0.29, 0.717) is 0 Å². The van der Waals surface area contributed by atoms with Gasteiger partial charge in [0.25, 0.3) is 0 Å². The number of nitrogens with zero attached hydrogens (tertiary/aromatic N) is 2. The molecule has 0 saturated heterocycles. The van der Waals surface area contributed by atoms with Gasteiger partial charge >= 0.3 is 0 Å². The molecule has 3 aromatic heterocycles. The molecular weight excluding hydrogens is 681 g/mol. The summed E-state index contributed by atoms with van der Waals surface area (Å²) in [5, 5.41) is 2.24. The third-order valence-corrected chi connectivity index (χ3v) is 6.82. The average Bonchev–Trinajstić information content (AvgIpc) is 3.37. The Hall–Kier alpha value is -4.37. The summed E-state index contributed by atoms with van der Waals surface area (Å²) in [5.74, 6) is 0. The number of furan rings is 1. The largest absolute Gasteiger partial charge is 0.501 e. The minimum atomic E-state index is 0. The summed E-state index contributed by atoms with van der Waals surface area (Å²) in [5.41, 5.74) is 10.5. The molecule has 3 nitrogen and oxygen atoms in total. The molecule has 7 rings (SSSR count). The van der Waals surface area contributed by atoms with Crippen molar-refractivity contribution in [3.63, 3.8) is 0 Å². The smallest absolute Gasteiger partial charge is 0.121 e. The van der Waals surface area contributed by atoms with Gasteiger partial charge in [-0.3, -0.25) is 0 Å². The Balaban J connectivity index is 0.000000204. The molecule has 203 valence electrons. The van der Waals surface area contributed by atoms with Gasteiger partial charge in [0.05, 0.1) is 5.58 Å². The Morgan fingerprint density at radius 2 is 1.49 bits per heavy atom. The Labute approximate surface area is 254 Å². The second-order valence-electron chi connectivity index (χ2n) is 9.91. The number of hydrogen-bond acceptors (Lipinski definition) is 3. The molecule has 0 aliphatic carbocycles. The van der Waals surface area contributed by atoms with E-state index in [-0.39, 0.29) is 20.1 Å². The molecule has 41 heavy (non-hydrogen) atoms. The van der Waals surface area contributed by atoms with Gasteiger partial charge in [-0.15, -0.1) is 54.1 Å². The van der Waals surface area contributed by atoms with Crippen LogP contribution in [0.2, 0.25) is 0 Å². The Morgan fingerprint density at radius 1 is 0.659 bits per heavy atom. The second-order valence-corrected chi connectivity index (χ2v) is 9.91. The number of aromatic nitrogens is 2. The van der Waals surface area contributed by atoms with Crippen molar-refractivity contribution in [2.24, 2.45) is 0 Å². The van der Waals surface area contributed by atoms with Gasteiger partial charge in [0.15, 0.2) is 0 Å². The normalized spacial score (nSPS) is 10.6. The van der Waals surface area contributed by atoms with E-state index < -0.39 is 0 Å². The van der Waals surface area contributed by atoms with Gasteiger partial charge < -0.3 is 14.4 Å². The summed E-state index contributed by atoms with van der Waals surface area (Å²) < 4.78 is 6.21. The number of aryl methyl sites for hydroxylation is 2. The molecule has 0 amide bonds. The zero-order valence-corrected chi connectivity index (χ0v) is 25.3. The zero-order chi connectivity index (χ0) is 27.3. The van der Waals surface area contributed by atoms with Gasteiger partial charge in [-0.2, -0.15) is 0 Å². The first-order chi connectivity index (χ1) is 19.6. The van der Waals surface area contributed by atoms with E-state index in [4.69, 9.17) is 4.42 Å². The molecule has 0 aliphatic heterocycles. The van der Waals surface area contributed by atoms with Crippen molar-refractivity contribution in [1.29, 1.82) is 0 Å². The predicted molar refractivity (Wildman–Crippen MR) is 163 cm³/mol. The minimum absolute atomic E-state index is 0. The van der Waals surface area contributed by atoms with Crippen LogP contribution < -0.4 is 0 Å². The first-order valence-electron chi connectivity index (χ1n) is 13.4. The number of rotatable bonds is 4. The first-order valence-corrected chi connectivity index (χ1v) is 13.4. The predicted octanol–water partition coefficient (Wildman–Crippen LogP) is 9.20. The second kappa shape index (κ2) is 12.9. The van der Waals surface area contributed by atoms with Gasteiger partial charge in [0.1, 0.15) is 5.58 Å². The molecule has 0 spiro atoms. The summed E-state index contributed by atoms with van der Waals surface area (Å²) >= 11 is 0. The molecule has 4 heteroatoms. The van der Waals surface area contributed by atoms with Crippen LogP contribution in [0.1, 0.15) is 22.3 Å². The van der Waals surface area contributed by atoms with E-state index in [1.165, 1.54) is 22.3 Å². The van der Waals surface area contributed by atoms with Gasteiger partial charge in [0.2, 0.25) is 0 Å². The van der Waals surface area contributed by atoms with E-state index in [2.05, 4.69) is 95.8 Å². The van der Waals surface area contributed by atoms with Crippen molar-refractivity contribution in [2.45, 2.75) is 20.3 Å². The Morgan fingerprint density at radius 3 is 2.27 bits per heavy atom. The van der Waals surface area contributed by atoms with E-state index in [1.54, 1.807) is 0 Å². The van der Waals surface area contributed by atoms with E-state index in [9.17, 15) is 0 Å². The standard InChI is InChI=1S/C25H18NO.C12H10N.Ir/c1-17-10-11-20-21-8-5-9-22(25(21)27-24(20)14-17)23-16-19(12-13-26-23)15-18-6-3-2-4-7-18;1-10-7-8-12(13-9-10)11-5-3-2-4-6-11;/h2-8,10-14,16H,15H2,1H3;2-5,7-9H,1H3;/q2*-1;. The molecule has 4 aromatic carbocycles. The molecule has 0 N–H and O–H groups in total. The van der Waals surface area contributed by atoms with Crippen molar-refractivity contribution >= 4 is 21.9 Å². The van der Waals surface area contributed by atoms with Crippen molar-refractivity contribution in [2.75, 3.05) is 0 Å². The molecule has 1 radical (unpaired) electrons. The van der Waals surface area contributed by atoms with E-state index in [0.717, 1.165) is 50.9 Å². The molecule has 0 bridgehead atoms. The first kappa shape index (κ1) is 28.2. The monoisotopic (exact) mass is 709 g/mol. The summed E-state index contributed by atoms with van der Waals surface area (Å²) in [6, 6.07) is 43.4. The molecule has 0 atom stereocenters. The SMILES string of the molecule is Cc1ccc(-c2[c-]cccc2)nc1.Cc1ccc2c(c1)oc1c(-c3cc(Cc4ccccc4)ccn3)[c-]ccc12.[Ir]. The number of pyridine rings is 2. The number of hydrogen-bond donors (Lipinski definition) is 0. The third-order valence-electron chi connectivity index (χ3n) is 6.82. The third kappa shape index (κ3) is 6.52. The Bertz CT molecular complexity index is 1880. The quantitative estimate of drug-likeness (QED) is 0.171. The van der Waals surface area contributed by atoms with Crippen LogP contribution in [0.25, 0.3) is 44.5 Å². The number of benzene rings is 4. The number of fused-ring (bicyclic) bond motifs is 3. The van der Waals surface area contributed by atoms with Crippen LogP contribution in [0.5, 0.6) is 0 Å². The van der Waals surface area contributed by atoms with Crippen LogP contribution in [0, 0.1) is 26.0 Å². The summed E-state index contributed by atoms with van der Waals surface area (Å²) in [7, 11) is 0. The zero-order valence-electron chi connectivity index (χ0n) is 22.9. The van der Waals surface area contributed by atoms with Crippen LogP contribution in [0.3, 0.4) is 0 Å². The van der Waals surface area contributed by atoms with Gasteiger partial charge in [-0.05, 0) is 66.0 Å². The minimum Gasteiger partial charge on any atom is -0.501 e. The maximum atomic E-state index is 6.21. The fourth-order valence-corrected chi connectivity index (χ4v) is 4.77. The molecule has 0 unspecified atom stereocenters. The van der Waals surface area contributed by atoms with Crippen molar-refractivity contribution in [3.8, 4) is 22.5 Å². The van der Waals surface area contributed by atoms with Gasteiger partial charge in [0, 0.05) is 37.9 Å². The van der Waals surface area contributed by atoms with E-state index >= 15 is 0 Å². The summed E-state index contributed by atoms with van der Waals surface area (Å²) in [6.07, 6.45) is 4.62. The molecule has 7 aromatic rings. The molecule has 0 saturated carbocycles. The van der Waals surface area contributed by atoms with Crippen molar-refractivity contribution < 1.29 is 24.5 Å². The fourth-order valence-electron chi connectivity index (χ4n) is 4.77. The average molecular weight is 709 g/mol. The van der Waals surface area contributed by atoms with Crippen molar-refractivity contribution in [1.82, 2.24) is 9.97 Å². The van der Waals surface area contributed by atoms with E-state index in [1.807, 2.05) is 61.8 Å². The van der Waals surface area contributed by atoms with Crippen LogP contribution in [0.15, 0.2) is 126 Å². The summed E-state index contributed by atoms with van der Waals surface area (Å²) in [4.78, 5) is 8.92. The molecule has 0 fully saturated rings.